The molecule has 0 atom stereocenters. The van der Waals surface area contributed by atoms with Crippen molar-refractivity contribution in [1.82, 2.24) is 24.6 Å². The average Bonchev–Trinajstić information content (AvgIpc) is 2.87. The van der Waals surface area contributed by atoms with Crippen LogP contribution in [0.2, 0.25) is 0 Å². The Morgan fingerprint density at radius 2 is 2.08 bits per heavy atom. The molecule has 0 unspecified atom stereocenters. The Kier molecular flexibility index (Phi) is 5.10. The minimum Gasteiger partial charge on any atom is -0.481 e. The molecule has 7 heteroatoms. The van der Waals surface area contributed by atoms with Gasteiger partial charge in [0.15, 0.2) is 0 Å². The standard InChI is InChI=1S/C17H23N5O2/c1-20-15(5-7-19-20)13-21-8-3-9-22(11-10-21)17(23)14-4-6-18-16(12-14)24-2/h4-7,12H,3,8-11,13H2,1-2H3. The van der Waals surface area contributed by atoms with Gasteiger partial charge in [0.2, 0.25) is 5.88 Å². The largest absolute Gasteiger partial charge is 0.481 e. The van der Waals surface area contributed by atoms with Crippen molar-refractivity contribution in [1.29, 1.82) is 0 Å². The first kappa shape index (κ1) is 16.4. The van der Waals surface area contributed by atoms with E-state index >= 15 is 0 Å². The Labute approximate surface area is 141 Å². The summed E-state index contributed by atoms with van der Waals surface area (Å²) in [5.41, 5.74) is 1.82. The normalized spacial score (nSPS) is 16.0. The van der Waals surface area contributed by atoms with E-state index in [2.05, 4.69) is 15.0 Å². The topological polar surface area (TPSA) is 63.5 Å². The molecule has 0 N–H and O–H groups in total. The van der Waals surface area contributed by atoms with Gasteiger partial charge in [-0.3, -0.25) is 14.4 Å². The first-order chi connectivity index (χ1) is 11.7. The van der Waals surface area contributed by atoms with Gasteiger partial charge in [-0.25, -0.2) is 4.98 Å². The fourth-order valence-electron chi connectivity index (χ4n) is 2.95. The number of ether oxygens (including phenoxy) is 1. The molecule has 7 nitrogen and oxygen atoms in total. The molecule has 3 heterocycles. The predicted molar refractivity (Wildman–Crippen MR) is 89.8 cm³/mol. The number of carbonyl (C=O) groups excluding carboxylic acids is 1. The summed E-state index contributed by atoms with van der Waals surface area (Å²) in [7, 11) is 3.51. The van der Waals surface area contributed by atoms with Gasteiger partial charge in [0.05, 0.1) is 12.8 Å². The summed E-state index contributed by atoms with van der Waals surface area (Å²) >= 11 is 0. The highest BCUT2D eigenvalue weighted by molar-refractivity contribution is 5.94. The monoisotopic (exact) mass is 329 g/mol. The zero-order chi connectivity index (χ0) is 16.9. The van der Waals surface area contributed by atoms with E-state index in [1.165, 1.54) is 5.69 Å². The van der Waals surface area contributed by atoms with Crippen LogP contribution in [0.4, 0.5) is 0 Å². The molecule has 1 aliphatic heterocycles. The van der Waals surface area contributed by atoms with Crippen LogP contribution >= 0.6 is 0 Å². The van der Waals surface area contributed by atoms with Crippen LogP contribution in [0, 0.1) is 0 Å². The van der Waals surface area contributed by atoms with Gasteiger partial charge < -0.3 is 9.64 Å². The lowest BCUT2D eigenvalue weighted by molar-refractivity contribution is 0.0760. The second kappa shape index (κ2) is 7.44. The van der Waals surface area contributed by atoms with Crippen molar-refractivity contribution in [3.63, 3.8) is 0 Å². The lowest BCUT2D eigenvalue weighted by Crippen LogP contribution is -2.35. The average molecular weight is 329 g/mol. The smallest absolute Gasteiger partial charge is 0.254 e. The maximum atomic E-state index is 12.7. The number of pyridine rings is 1. The number of nitrogens with zero attached hydrogens (tertiary/aromatic N) is 5. The molecule has 2 aromatic rings. The van der Waals surface area contributed by atoms with Gasteiger partial charge in [0, 0.05) is 63.8 Å². The van der Waals surface area contributed by atoms with E-state index in [1.807, 2.05) is 28.9 Å². The Morgan fingerprint density at radius 3 is 2.83 bits per heavy atom. The number of aryl methyl sites for hydroxylation is 1. The Bertz CT molecular complexity index is 700. The van der Waals surface area contributed by atoms with Gasteiger partial charge in [-0.1, -0.05) is 0 Å². The van der Waals surface area contributed by atoms with Crippen LogP contribution in [0.1, 0.15) is 22.5 Å². The molecule has 1 fully saturated rings. The fourth-order valence-corrected chi connectivity index (χ4v) is 2.95. The Balaban J connectivity index is 1.62. The molecule has 1 aliphatic rings. The van der Waals surface area contributed by atoms with Crippen LogP contribution in [0.25, 0.3) is 0 Å². The molecule has 1 amide bonds. The van der Waals surface area contributed by atoms with E-state index in [0.717, 1.165) is 39.1 Å². The van der Waals surface area contributed by atoms with E-state index in [4.69, 9.17) is 4.74 Å². The van der Waals surface area contributed by atoms with E-state index < -0.39 is 0 Å². The number of aromatic nitrogens is 3. The number of rotatable bonds is 4. The van der Waals surface area contributed by atoms with Crippen molar-refractivity contribution in [2.24, 2.45) is 7.05 Å². The van der Waals surface area contributed by atoms with E-state index in [-0.39, 0.29) is 5.91 Å². The molecule has 2 aromatic heterocycles. The van der Waals surface area contributed by atoms with E-state index in [0.29, 0.717) is 11.4 Å². The Hall–Kier alpha value is -2.41. The Morgan fingerprint density at radius 1 is 1.21 bits per heavy atom. The highest BCUT2D eigenvalue weighted by Crippen LogP contribution is 2.14. The van der Waals surface area contributed by atoms with Crippen LogP contribution in [0.3, 0.4) is 0 Å². The van der Waals surface area contributed by atoms with Gasteiger partial charge in [-0.2, -0.15) is 5.10 Å². The van der Waals surface area contributed by atoms with Crippen molar-refractivity contribution < 1.29 is 9.53 Å². The summed E-state index contributed by atoms with van der Waals surface area (Å²) in [5, 5.41) is 4.21. The summed E-state index contributed by atoms with van der Waals surface area (Å²) in [6.07, 6.45) is 4.39. The van der Waals surface area contributed by atoms with Gasteiger partial charge in [-0.05, 0) is 18.6 Å². The third kappa shape index (κ3) is 3.73. The van der Waals surface area contributed by atoms with Gasteiger partial charge in [0.25, 0.3) is 5.91 Å². The fraction of sp³-hybridized carbons (Fsp3) is 0.471. The lowest BCUT2D eigenvalue weighted by Gasteiger charge is -2.22. The first-order valence-electron chi connectivity index (χ1n) is 8.16. The molecular weight excluding hydrogens is 306 g/mol. The highest BCUT2D eigenvalue weighted by Gasteiger charge is 2.21. The lowest BCUT2D eigenvalue weighted by atomic mass is 10.2. The van der Waals surface area contributed by atoms with Crippen LogP contribution in [0.15, 0.2) is 30.6 Å². The molecule has 0 bridgehead atoms. The SMILES string of the molecule is COc1cc(C(=O)N2CCCN(Cc3ccnn3C)CC2)ccn1. The molecule has 0 saturated carbocycles. The molecule has 24 heavy (non-hydrogen) atoms. The van der Waals surface area contributed by atoms with Crippen LogP contribution < -0.4 is 4.74 Å². The van der Waals surface area contributed by atoms with Crippen molar-refractivity contribution in [3.05, 3.63) is 41.9 Å². The minimum absolute atomic E-state index is 0.0399. The summed E-state index contributed by atoms with van der Waals surface area (Å²) in [5.74, 6) is 0.506. The molecule has 0 aromatic carbocycles. The van der Waals surface area contributed by atoms with Crippen LogP contribution in [-0.2, 0) is 13.6 Å². The molecule has 3 rings (SSSR count). The zero-order valence-corrected chi connectivity index (χ0v) is 14.2. The molecule has 0 aliphatic carbocycles. The highest BCUT2D eigenvalue weighted by atomic mass is 16.5. The van der Waals surface area contributed by atoms with Crippen LogP contribution in [-0.4, -0.2) is 63.8 Å². The van der Waals surface area contributed by atoms with E-state index in [1.54, 1.807) is 25.4 Å². The molecule has 1 saturated heterocycles. The van der Waals surface area contributed by atoms with E-state index in [9.17, 15) is 4.79 Å². The quantitative estimate of drug-likeness (QED) is 0.843. The third-order valence-electron chi connectivity index (χ3n) is 4.37. The predicted octanol–water partition coefficient (Wildman–Crippen LogP) is 1.17. The maximum absolute atomic E-state index is 12.7. The van der Waals surface area contributed by atoms with Crippen molar-refractivity contribution in [3.8, 4) is 5.88 Å². The van der Waals surface area contributed by atoms with Crippen molar-refractivity contribution in [2.75, 3.05) is 33.3 Å². The molecule has 0 spiro atoms. The third-order valence-corrected chi connectivity index (χ3v) is 4.37. The van der Waals surface area contributed by atoms with Gasteiger partial charge in [-0.15, -0.1) is 0 Å². The maximum Gasteiger partial charge on any atom is 0.254 e. The van der Waals surface area contributed by atoms with Crippen molar-refractivity contribution in [2.45, 2.75) is 13.0 Å². The number of hydrogen-bond donors (Lipinski definition) is 0. The number of amides is 1. The summed E-state index contributed by atoms with van der Waals surface area (Å²) < 4.78 is 7.01. The second-order valence-corrected chi connectivity index (χ2v) is 5.95. The van der Waals surface area contributed by atoms with Crippen molar-refractivity contribution >= 4 is 5.91 Å². The molecule has 0 radical (unpaired) electrons. The summed E-state index contributed by atoms with van der Waals surface area (Å²) in [6, 6.07) is 5.47. The summed E-state index contributed by atoms with van der Waals surface area (Å²) in [6.45, 7) is 4.20. The summed E-state index contributed by atoms with van der Waals surface area (Å²) in [4.78, 5) is 21.1. The number of methoxy groups -OCH3 is 1. The van der Waals surface area contributed by atoms with Crippen LogP contribution in [0.5, 0.6) is 5.88 Å². The zero-order valence-electron chi connectivity index (χ0n) is 14.2. The molecule has 128 valence electrons. The second-order valence-electron chi connectivity index (χ2n) is 5.95. The minimum atomic E-state index is 0.0399. The number of hydrogen-bond acceptors (Lipinski definition) is 5. The molecular formula is C17H23N5O2. The number of carbonyl (C=O) groups is 1. The van der Waals surface area contributed by atoms with Gasteiger partial charge in [0.1, 0.15) is 0 Å². The first-order valence-corrected chi connectivity index (χ1v) is 8.16. The van der Waals surface area contributed by atoms with Gasteiger partial charge >= 0.3 is 0 Å².